The zero-order chi connectivity index (χ0) is 18.1. The van der Waals surface area contributed by atoms with Gasteiger partial charge in [0.2, 0.25) is 0 Å². The van der Waals surface area contributed by atoms with E-state index < -0.39 is 0 Å². The molecule has 5 nitrogen and oxygen atoms in total. The molecule has 0 aromatic heterocycles. The molecule has 1 saturated carbocycles. The van der Waals surface area contributed by atoms with Gasteiger partial charge in [-0.3, -0.25) is 4.79 Å². The van der Waals surface area contributed by atoms with E-state index >= 15 is 0 Å². The second kappa shape index (κ2) is 6.89. The number of para-hydroxylation sites is 1. The van der Waals surface area contributed by atoms with E-state index in [1.54, 1.807) is 41.3 Å². The zero-order valence-corrected chi connectivity index (χ0v) is 14.8. The van der Waals surface area contributed by atoms with E-state index in [4.69, 9.17) is 21.1 Å². The number of hydrogen-bond acceptors (Lipinski definition) is 4. The number of ether oxygens (including phenoxy) is 2. The third-order valence-electron chi connectivity index (χ3n) is 4.55. The number of rotatable bonds is 4. The molecule has 1 heterocycles. The molecule has 2 aromatic carbocycles. The zero-order valence-electron chi connectivity index (χ0n) is 14.1. The lowest BCUT2D eigenvalue weighted by atomic mass is 10.1. The average molecular weight is 369 g/mol. The largest absolute Gasteiger partial charge is 0.486 e. The minimum absolute atomic E-state index is 0.210. The second-order valence-corrected chi connectivity index (χ2v) is 6.90. The number of fused-ring (bicyclic) bond motifs is 1. The van der Waals surface area contributed by atoms with E-state index in [2.05, 4.69) is 6.07 Å². The Morgan fingerprint density at radius 2 is 2.04 bits per heavy atom. The number of amides is 1. The second-order valence-electron chi connectivity index (χ2n) is 6.46. The molecule has 0 bridgehead atoms. The Bertz CT molecular complexity index is 902. The van der Waals surface area contributed by atoms with E-state index in [9.17, 15) is 10.1 Å². The molecular weight excluding hydrogens is 352 g/mol. The lowest BCUT2D eigenvalue weighted by Crippen LogP contribution is -2.34. The normalized spacial score (nSPS) is 15.2. The summed E-state index contributed by atoms with van der Waals surface area (Å²) in [6, 6.07) is 12.4. The third kappa shape index (κ3) is 3.21. The summed E-state index contributed by atoms with van der Waals surface area (Å²) in [6.45, 7) is 1.42. The van der Waals surface area contributed by atoms with E-state index in [1.807, 2.05) is 0 Å². The molecular formula is C20H17ClN2O3. The average Bonchev–Trinajstić information content (AvgIpc) is 3.49. The van der Waals surface area contributed by atoms with Crippen molar-refractivity contribution in [1.82, 2.24) is 0 Å². The van der Waals surface area contributed by atoms with Crippen LogP contribution in [0.25, 0.3) is 0 Å². The third-order valence-corrected chi connectivity index (χ3v) is 4.79. The van der Waals surface area contributed by atoms with Gasteiger partial charge in [0.25, 0.3) is 5.91 Å². The van der Waals surface area contributed by atoms with E-state index in [1.165, 1.54) is 0 Å². The minimum atomic E-state index is -0.210. The monoisotopic (exact) mass is 368 g/mol. The van der Waals surface area contributed by atoms with Crippen LogP contribution in [0.1, 0.15) is 28.8 Å². The molecule has 26 heavy (non-hydrogen) atoms. The molecule has 0 radical (unpaired) electrons. The highest BCUT2D eigenvalue weighted by Gasteiger charge is 2.32. The van der Waals surface area contributed by atoms with Crippen LogP contribution in [0.2, 0.25) is 5.02 Å². The van der Waals surface area contributed by atoms with Gasteiger partial charge in [-0.2, -0.15) is 5.26 Å². The fraction of sp³-hybridized carbons (Fsp3) is 0.300. The van der Waals surface area contributed by atoms with Crippen molar-refractivity contribution < 1.29 is 14.3 Å². The molecule has 0 atom stereocenters. The lowest BCUT2D eigenvalue weighted by Gasteiger charge is -2.27. The Kier molecular flexibility index (Phi) is 4.44. The summed E-state index contributed by atoms with van der Waals surface area (Å²) in [5, 5.41) is 9.96. The first-order chi connectivity index (χ1) is 12.7. The molecule has 1 amide bonds. The van der Waals surface area contributed by atoms with Gasteiger partial charge in [-0.1, -0.05) is 17.7 Å². The number of nitrogens with zero attached hydrogens (tertiary/aromatic N) is 2. The van der Waals surface area contributed by atoms with Crippen LogP contribution in [-0.4, -0.2) is 25.7 Å². The van der Waals surface area contributed by atoms with Crippen molar-refractivity contribution in [2.45, 2.75) is 12.8 Å². The first kappa shape index (κ1) is 16.7. The van der Waals surface area contributed by atoms with Crippen LogP contribution >= 0.6 is 11.6 Å². The SMILES string of the molecule is N#Cc1ccc(Cl)cc1N(CC1CC1)C(=O)c1cccc2c1OCCO2. The fourth-order valence-electron chi connectivity index (χ4n) is 3.06. The highest BCUT2D eigenvalue weighted by Crippen LogP contribution is 2.38. The maximum absolute atomic E-state index is 13.4. The van der Waals surface area contributed by atoms with E-state index in [-0.39, 0.29) is 5.91 Å². The number of hydrogen-bond donors (Lipinski definition) is 0. The quantitative estimate of drug-likeness (QED) is 0.817. The number of benzene rings is 2. The molecule has 4 rings (SSSR count). The van der Waals surface area contributed by atoms with Crippen molar-refractivity contribution in [1.29, 1.82) is 5.26 Å². The van der Waals surface area contributed by atoms with Crippen LogP contribution in [0.15, 0.2) is 36.4 Å². The lowest BCUT2D eigenvalue weighted by molar-refractivity contribution is 0.0974. The first-order valence-corrected chi connectivity index (χ1v) is 8.95. The number of carbonyl (C=O) groups is 1. The van der Waals surface area contributed by atoms with Crippen LogP contribution in [0.3, 0.4) is 0 Å². The predicted molar refractivity (Wildman–Crippen MR) is 98.0 cm³/mol. The summed E-state index contributed by atoms with van der Waals surface area (Å²) in [5.74, 6) is 1.27. The Morgan fingerprint density at radius 1 is 1.23 bits per heavy atom. The van der Waals surface area contributed by atoms with Crippen LogP contribution in [0, 0.1) is 17.2 Å². The van der Waals surface area contributed by atoms with Crippen LogP contribution in [0.5, 0.6) is 11.5 Å². The first-order valence-electron chi connectivity index (χ1n) is 8.57. The van der Waals surface area contributed by atoms with E-state index in [0.29, 0.717) is 59.0 Å². The molecule has 6 heteroatoms. The van der Waals surface area contributed by atoms with Gasteiger partial charge < -0.3 is 14.4 Å². The van der Waals surface area contributed by atoms with Crippen LogP contribution in [-0.2, 0) is 0 Å². The molecule has 1 aliphatic carbocycles. The van der Waals surface area contributed by atoms with Gasteiger partial charge in [-0.05, 0) is 49.1 Å². The summed E-state index contributed by atoms with van der Waals surface area (Å²) in [6.07, 6.45) is 2.16. The highest BCUT2D eigenvalue weighted by atomic mass is 35.5. The number of carbonyl (C=O) groups excluding carboxylic acids is 1. The Balaban J connectivity index is 1.77. The Morgan fingerprint density at radius 3 is 2.81 bits per heavy atom. The molecule has 132 valence electrons. The van der Waals surface area contributed by atoms with Gasteiger partial charge in [0.15, 0.2) is 11.5 Å². The van der Waals surface area contributed by atoms with Gasteiger partial charge in [-0.15, -0.1) is 0 Å². The molecule has 1 aliphatic heterocycles. The summed E-state index contributed by atoms with van der Waals surface area (Å²) in [4.78, 5) is 15.0. The molecule has 0 N–H and O–H groups in total. The van der Waals surface area contributed by atoms with E-state index in [0.717, 1.165) is 12.8 Å². The summed E-state index contributed by atoms with van der Waals surface area (Å²) in [5.41, 5.74) is 1.39. The predicted octanol–water partition coefficient (Wildman–Crippen LogP) is 4.04. The van der Waals surface area contributed by atoms with Crippen molar-refractivity contribution in [3.05, 3.63) is 52.5 Å². The molecule has 2 aromatic rings. The summed E-state index contributed by atoms with van der Waals surface area (Å²) >= 11 is 6.14. The van der Waals surface area contributed by atoms with Gasteiger partial charge in [-0.25, -0.2) is 0 Å². The molecule has 0 spiro atoms. The van der Waals surface area contributed by atoms with Crippen molar-refractivity contribution in [3.8, 4) is 17.6 Å². The maximum atomic E-state index is 13.4. The van der Waals surface area contributed by atoms with Crippen molar-refractivity contribution >= 4 is 23.2 Å². The summed E-state index contributed by atoms with van der Waals surface area (Å²) < 4.78 is 11.3. The minimum Gasteiger partial charge on any atom is -0.486 e. The number of nitriles is 1. The molecule has 0 saturated heterocycles. The van der Waals surface area contributed by atoms with Gasteiger partial charge in [0, 0.05) is 11.6 Å². The van der Waals surface area contributed by atoms with Crippen molar-refractivity contribution in [2.75, 3.05) is 24.7 Å². The van der Waals surface area contributed by atoms with Crippen LogP contribution in [0.4, 0.5) is 5.69 Å². The standard InChI is InChI=1S/C20H17ClN2O3/c21-15-7-6-14(11-22)17(10-15)23(12-13-4-5-13)20(24)16-2-1-3-18-19(16)26-9-8-25-18/h1-3,6-7,10,13H,4-5,8-9,12H2. The fourth-order valence-corrected chi connectivity index (χ4v) is 3.23. The number of halogens is 1. The molecule has 0 unspecified atom stereocenters. The van der Waals surface area contributed by atoms with Crippen LogP contribution < -0.4 is 14.4 Å². The molecule has 2 aliphatic rings. The maximum Gasteiger partial charge on any atom is 0.262 e. The Labute approximate surface area is 156 Å². The number of anilines is 1. The van der Waals surface area contributed by atoms with Gasteiger partial charge >= 0.3 is 0 Å². The van der Waals surface area contributed by atoms with Gasteiger partial charge in [0.1, 0.15) is 19.3 Å². The highest BCUT2D eigenvalue weighted by molar-refractivity contribution is 6.31. The summed E-state index contributed by atoms with van der Waals surface area (Å²) in [7, 11) is 0. The Hall–Kier alpha value is -2.71. The van der Waals surface area contributed by atoms with Crippen molar-refractivity contribution in [2.24, 2.45) is 5.92 Å². The topological polar surface area (TPSA) is 62.6 Å². The molecule has 1 fully saturated rings. The van der Waals surface area contributed by atoms with Gasteiger partial charge in [0.05, 0.1) is 16.8 Å². The smallest absolute Gasteiger partial charge is 0.262 e. The van der Waals surface area contributed by atoms with Crippen molar-refractivity contribution in [3.63, 3.8) is 0 Å².